The summed E-state index contributed by atoms with van der Waals surface area (Å²) in [5.41, 5.74) is 12.4. The molecular weight excluding hydrogens is 482 g/mol. The Kier molecular flexibility index (Phi) is 7.63. The molecule has 0 unspecified atom stereocenters. The quantitative estimate of drug-likeness (QED) is 0.175. The van der Waals surface area contributed by atoms with Gasteiger partial charge in [-0.05, 0) is 49.2 Å². The second kappa shape index (κ2) is 11.6. The highest BCUT2D eigenvalue weighted by atomic mass is 16.5. The van der Waals surface area contributed by atoms with Crippen molar-refractivity contribution in [3.8, 4) is 34.3 Å². The number of hydrogen-bond acceptors (Lipinski definition) is 5. The van der Waals surface area contributed by atoms with Crippen molar-refractivity contribution in [2.45, 2.75) is 20.5 Å². The lowest BCUT2D eigenvalue weighted by molar-refractivity contribution is 0.184. The number of nitriles is 1. The van der Waals surface area contributed by atoms with Crippen molar-refractivity contribution in [1.82, 2.24) is 9.55 Å². The number of ether oxygens (including phenoxy) is 1. The van der Waals surface area contributed by atoms with Crippen LogP contribution in [0.2, 0.25) is 0 Å². The lowest BCUT2D eigenvalue weighted by Crippen LogP contribution is -2.04. The zero-order chi connectivity index (χ0) is 27.2. The molecule has 5 aromatic rings. The molecule has 0 atom stereocenters. The van der Waals surface area contributed by atoms with Crippen molar-refractivity contribution in [3.63, 3.8) is 0 Å². The second-order valence-corrected chi connectivity index (χ2v) is 9.30. The van der Waals surface area contributed by atoms with Crippen LogP contribution < -0.4 is 5.43 Å². The average Bonchev–Trinajstić information content (AvgIpc) is 3.34. The third kappa shape index (κ3) is 5.49. The summed E-state index contributed by atoms with van der Waals surface area (Å²) in [4.78, 5) is 4.52. The molecule has 39 heavy (non-hydrogen) atoms. The molecular formula is C33H29N5O. The summed E-state index contributed by atoms with van der Waals surface area (Å²) >= 11 is 0. The lowest BCUT2D eigenvalue weighted by atomic mass is 10.1. The number of aryl methyl sites for hydroxylation is 2. The van der Waals surface area contributed by atoms with E-state index in [4.69, 9.17) is 4.74 Å². The largest absolute Gasteiger partial charge is 0.380 e. The predicted octanol–water partition coefficient (Wildman–Crippen LogP) is 7.29. The topological polar surface area (TPSA) is 75.2 Å². The number of nitrogens with zero attached hydrogens (tertiary/aromatic N) is 4. The Morgan fingerprint density at radius 2 is 1.59 bits per heavy atom. The van der Waals surface area contributed by atoms with Crippen LogP contribution in [0.4, 0.5) is 5.82 Å². The summed E-state index contributed by atoms with van der Waals surface area (Å²) in [6, 6.07) is 35.4. The van der Waals surface area contributed by atoms with Crippen molar-refractivity contribution in [2.24, 2.45) is 5.10 Å². The second-order valence-electron chi connectivity index (χ2n) is 9.30. The minimum absolute atomic E-state index is 0.322. The molecule has 0 saturated heterocycles. The zero-order valence-electron chi connectivity index (χ0n) is 22.2. The van der Waals surface area contributed by atoms with Crippen LogP contribution in [-0.4, -0.2) is 22.9 Å². The average molecular weight is 512 g/mol. The molecule has 6 heteroatoms. The van der Waals surface area contributed by atoms with E-state index in [0.717, 1.165) is 45.0 Å². The van der Waals surface area contributed by atoms with Gasteiger partial charge in [-0.3, -0.25) is 5.43 Å². The highest BCUT2D eigenvalue weighted by molar-refractivity contribution is 5.94. The lowest BCUT2D eigenvalue weighted by Gasteiger charge is -2.15. The van der Waals surface area contributed by atoms with Crippen LogP contribution >= 0.6 is 0 Å². The van der Waals surface area contributed by atoms with E-state index in [-0.39, 0.29) is 0 Å². The fourth-order valence-corrected chi connectivity index (χ4v) is 4.68. The van der Waals surface area contributed by atoms with Gasteiger partial charge in [-0.15, -0.1) is 0 Å². The summed E-state index contributed by atoms with van der Waals surface area (Å²) in [7, 11) is 1.61. The summed E-state index contributed by atoms with van der Waals surface area (Å²) in [6.07, 6.45) is 1.79. The summed E-state index contributed by atoms with van der Waals surface area (Å²) in [6.45, 7) is 4.30. The molecule has 0 amide bonds. The molecule has 2 heterocycles. The van der Waals surface area contributed by atoms with E-state index in [9.17, 15) is 5.26 Å². The van der Waals surface area contributed by atoms with E-state index in [1.807, 2.05) is 49.4 Å². The highest BCUT2D eigenvalue weighted by Gasteiger charge is 2.19. The highest BCUT2D eigenvalue weighted by Crippen LogP contribution is 2.35. The smallest absolute Gasteiger partial charge is 0.164 e. The molecule has 0 spiro atoms. The van der Waals surface area contributed by atoms with Crippen LogP contribution in [0, 0.1) is 25.2 Å². The van der Waals surface area contributed by atoms with Gasteiger partial charge in [-0.25, -0.2) is 4.98 Å². The van der Waals surface area contributed by atoms with Crippen LogP contribution in [0.3, 0.4) is 0 Å². The molecule has 0 saturated carbocycles. The van der Waals surface area contributed by atoms with Gasteiger partial charge in [-0.2, -0.15) is 10.4 Å². The van der Waals surface area contributed by atoms with Crippen molar-refractivity contribution in [2.75, 3.05) is 12.5 Å². The fraction of sp³-hybridized carbons (Fsp3) is 0.121. The van der Waals surface area contributed by atoms with Crippen molar-refractivity contribution < 1.29 is 4.74 Å². The van der Waals surface area contributed by atoms with Crippen LogP contribution in [0.1, 0.15) is 27.9 Å². The van der Waals surface area contributed by atoms with Gasteiger partial charge in [0.25, 0.3) is 0 Å². The number of aromatic nitrogens is 2. The Hall–Kier alpha value is -4.99. The molecule has 6 nitrogen and oxygen atoms in total. The number of pyridine rings is 1. The third-order valence-corrected chi connectivity index (χ3v) is 6.45. The normalized spacial score (nSPS) is 11.0. The van der Waals surface area contributed by atoms with Crippen molar-refractivity contribution >= 4 is 12.0 Å². The summed E-state index contributed by atoms with van der Waals surface area (Å²) in [5.74, 6) is 0.406. The van der Waals surface area contributed by atoms with Crippen molar-refractivity contribution in [3.05, 3.63) is 125 Å². The van der Waals surface area contributed by atoms with Gasteiger partial charge in [0.05, 0.1) is 24.2 Å². The van der Waals surface area contributed by atoms with E-state index in [2.05, 4.69) is 87.7 Å². The van der Waals surface area contributed by atoms with Gasteiger partial charge in [-0.1, -0.05) is 78.4 Å². The van der Waals surface area contributed by atoms with Crippen LogP contribution in [0.15, 0.2) is 102 Å². The first kappa shape index (κ1) is 25.7. The number of benzene rings is 3. The maximum absolute atomic E-state index is 9.80. The van der Waals surface area contributed by atoms with Crippen LogP contribution in [0.5, 0.6) is 0 Å². The third-order valence-electron chi connectivity index (χ3n) is 6.45. The van der Waals surface area contributed by atoms with Crippen LogP contribution in [0.25, 0.3) is 28.2 Å². The number of anilines is 1. The summed E-state index contributed by atoms with van der Waals surface area (Å²) in [5, 5.41) is 14.4. The number of nitrogens with one attached hydrogen (secondary N) is 1. The van der Waals surface area contributed by atoms with E-state index in [1.54, 1.807) is 13.3 Å². The Morgan fingerprint density at radius 3 is 2.23 bits per heavy atom. The van der Waals surface area contributed by atoms with Gasteiger partial charge in [0, 0.05) is 29.6 Å². The van der Waals surface area contributed by atoms with E-state index in [0.29, 0.717) is 18.0 Å². The Bertz CT molecular complexity index is 1650. The molecule has 0 aliphatic carbocycles. The molecule has 0 aliphatic rings. The van der Waals surface area contributed by atoms with Gasteiger partial charge < -0.3 is 9.30 Å². The molecule has 0 fully saturated rings. The monoisotopic (exact) mass is 511 g/mol. The minimum atomic E-state index is 0.322. The maximum atomic E-state index is 9.80. The zero-order valence-corrected chi connectivity index (χ0v) is 22.2. The minimum Gasteiger partial charge on any atom is -0.380 e. The predicted molar refractivity (Wildman–Crippen MR) is 157 cm³/mol. The molecule has 3 aromatic carbocycles. The molecule has 0 bridgehead atoms. The molecule has 1 N–H and O–H groups in total. The number of hydrogen-bond donors (Lipinski definition) is 1. The van der Waals surface area contributed by atoms with Gasteiger partial charge in [0.2, 0.25) is 0 Å². The maximum Gasteiger partial charge on any atom is 0.164 e. The SMILES string of the molecule is COCc1cc(C)nc(N/N=C/c2cc(-c3ccccc3)n(-c3ccc(C)cc3)c2-c2ccccc2)c1C#N. The van der Waals surface area contributed by atoms with E-state index >= 15 is 0 Å². The number of hydrazone groups is 1. The van der Waals surface area contributed by atoms with E-state index < -0.39 is 0 Å². The standard InChI is InChI=1S/C33H29N5O/c1-23-14-16-29(17-15-23)38-31(25-10-6-4-7-11-25)19-27(32(38)26-12-8-5-9-13-26)21-35-37-33-30(20-34)28(22-39-3)18-24(2)36-33/h4-19,21H,22H2,1-3H3,(H,36,37)/b35-21+. The molecule has 5 rings (SSSR count). The molecule has 0 radical (unpaired) electrons. The first-order valence-electron chi connectivity index (χ1n) is 12.7. The first-order valence-corrected chi connectivity index (χ1v) is 12.7. The van der Waals surface area contributed by atoms with Crippen molar-refractivity contribution in [1.29, 1.82) is 5.26 Å². The Labute approximate surface area is 228 Å². The van der Waals surface area contributed by atoms with Gasteiger partial charge >= 0.3 is 0 Å². The first-order chi connectivity index (χ1) is 19.1. The molecule has 192 valence electrons. The van der Waals surface area contributed by atoms with Gasteiger partial charge in [0.1, 0.15) is 11.6 Å². The number of rotatable bonds is 8. The van der Waals surface area contributed by atoms with Gasteiger partial charge in [0.15, 0.2) is 5.82 Å². The van der Waals surface area contributed by atoms with Crippen LogP contribution in [-0.2, 0) is 11.3 Å². The molecule has 0 aliphatic heterocycles. The Morgan fingerprint density at radius 1 is 0.923 bits per heavy atom. The number of methoxy groups -OCH3 is 1. The fourth-order valence-electron chi connectivity index (χ4n) is 4.68. The summed E-state index contributed by atoms with van der Waals surface area (Å²) < 4.78 is 7.55. The van der Waals surface area contributed by atoms with E-state index in [1.165, 1.54) is 5.56 Å². The Balaban J connectivity index is 1.66. The molecule has 2 aromatic heterocycles.